The summed E-state index contributed by atoms with van der Waals surface area (Å²) >= 11 is 0. The zero-order chi connectivity index (χ0) is 19.2. The van der Waals surface area contributed by atoms with E-state index >= 15 is 0 Å². The lowest BCUT2D eigenvalue weighted by atomic mass is 10.1. The molecular weight excluding hydrogens is 342 g/mol. The standard InChI is InChI=1S/C26H17NO/c28-26(21-11-5-2-6-12-21)18-16-23-19-22-13-7-8-14-24(22)27-25(23)17-15-20-9-3-1-4-10-20/h1-14,16,18-19H/b18-16+. The van der Waals surface area contributed by atoms with Crippen molar-refractivity contribution in [1.29, 1.82) is 0 Å². The van der Waals surface area contributed by atoms with Crippen LogP contribution in [0.5, 0.6) is 0 Å². The average Bonchev–Trinajstić information content (AvgIpc) is 2.77. The first-order valence-corrected chi connectivity index (χ1v) is 9.04. The molecule has 2 heteroatoms. The molecule has 0 aliphatic rings. The maximum atomic E-state index is 12.4. The minimum atomic E-state index is -0.0456. The molecule has 4 rings (SSSR count). The van der Waals surface area contributed by atoms with E-state index in [4.69, 9.17) is 4.98 Å². The van der Waals surface area contributed by atoms with Gasteiger partial charge in [0.05, 0.1) is 5.52 Å². The van der Waals surface area contributed by atoms with Gasteiger partial charge in [-0.2, -0.15) is 0 Å². The van der Waals surface area contributed by atoms with Gasteiger partial charge in [-0.05, 0) is 42.3 Å². The molecule has 1 heterocycles. The third kappa shape index (κ3) is 4.06. The van der Waals surface area contributed by atoms with Crippen LogP contribution in [0.3, 0.4) is 0 Å². The van der Waals surface area contributed by atoms with Crippen LogP contribution < -0.4 is 0 Å². The number of hydrogen-bond donors (Lipinski definition) is 0. The summed E-state index contributed by atoms with van der Waals surface area (Å²) in [4.78, 5) is 17.1. The van der Waals surface area contributed by atoms with Crippen molar-refractivity contribution in [2.75, 3.05) is 0 Å². The van der Waals surface area contributed by atoms with E-state index in [-0.39, 0.29) is 5.78 Å². The number of nitrogens with zero attached hydrogens (tertiary/aromatic N) is 1. The van der Waals surface area contributed by atoms with E-state index in [9.17, 15) is 4.79 Å². The molecule has 0 amide bonds. The van der Waals surface area contributed by atoms with Crippen molar-refractivity contribution in [3.63, 3.8) is 0 Å². The maximum Gasteiger partial charge on any atom is 0.185 e. The van der Waals surface area contributed by atoms with Crippen molar-refractivity contribution in [3.8, 4) is 11.8 Å². The summed E-state index contributed by atoms with van der Waals surface area (Å²) in [6.45, 7) is 0. The van der Waals surface area contributed by atoms with Crippen LogP contribution in [-0.2, 0) is 0 Å². The number of allylic oxidation sites excluding steroid dienone is 1. The van der Waals surface area contributed by atoms with Crippen LogP contribution in [0.15, 0.2) is 97.1 Å². The van der Waals surface area contributed by atoms with Gasteiger partial charge in [0.2, 0.25) is 0 Å². The van der Waals surface area contributed by atoms with Crippen molar-refractivity contribution in [3.05, 3.63) is 119 Å². The Bertz CT molecular complexity index is 1210. The Balaban J connectivity index is 1.74. The number of benzene rings is 3. The molecule has 28 heavy (non-hydrogen) atoms. The number of hydrogen-bond acceptors (Lipinski definition) is 2. The number of aromatic nitrogens is 1. The third-order valence-corrected chi connectivity index (χ3v) is 4.33. The fourth-order valence-corrected chi connectivity index (χ4v) is 2.88. The van der Waals surface area contributed by atoms with E-state index in [2.05, 4.69) is 11.8 Å². The molecule has 0 N–H and O–H groups in total. The topological polar surface area (TPSA) is 30.0 Å². The van der Waals surface area contributed by atoms with E-state index in [1.807, 2.05) is 78.9 Å². The molecule has 0 radical (unpaired) electrons. The monoisotopic (exact) mass is 359 g/mol. The lowest BCUT2D eigenvalue weighted by molar-refractivity contribution is 0.104. The lowest BCUT2D eigenvalue weighted by Gasteiger charge is -2.03. The molecule has 3 aromatic carbocycles. The molecule has 0 unspecified atom stereocenters. The number of para-hydroxylation sites is 1. The first-order chi connectivity index (χ1) is 13.8. The number of rotatable bonds is 3. The Morgan fingerprint density at radius 1 is 0.786 bits per heavy atom. The Kier molecular flexibility index (Phi) is 5.09. The largest absolute Gasteiger partial charge is 0.289 e. The minimum Gasteiger partial charge on any atom is -0.289 e. The Morgan fingerprint density at radius 2 is 1.46 bits per heavy atom. The molecule has 0 fully saturated rings. The van der Waals surface area contributed by atoms with Crippen LogP contribution in [0, 0.1) is 11.8 Å². The third-order valence-electron chi connectivity index (χ3n) is 4.33. The first kappa shape index (κ1) is 17.5. The summed E-state index contributed by atoms with van der Waals surface area (Å²) in [5.74, 6) is 6.27. The predicted molar refractivity (Wildman–Crippen MR) is 114 cm³/mol. The number of carbonyl (C=O) groups is 1. The fraction of sp³-hybridized carbons (Fsp3) is 0. The van der Waals surface area contributed by atoms with Crippen molar-refractivity contribution in [2.24, 2.45) is 0 Å². The summed E-state index contributed by atoms with van der Waals surface area (Å²) in [7, 11) is 0. The second kappa shape index (κ2) is 8.16. The predicted octanol–water partition coefficient (Wildman–Crippen LogP) is 5.53. The molecule has 1 aromatic heterocycles. The molecule has 0 aliphatic carbocycles. The molecule has 0 spiro atoms. The quantitative estimate of drug-likeness (QED) is 0.273. The van der Waals surface area contributed by atoms with Crippen LogP contribution in [0.25, 0.3) is 17.0 Å². The van der Waals surface area contributed by atoms with Crippen molar-refractivity contribution < 1.29 is 4.79 Å². The Labute approximate surface area is 164 Å². The van der Waals surface area contributed by atoms with Gasteiger partial charge in [-0.25, -0.2) is 4.98 Å². The molecular formula is C26H17NO. The summed E-state index contributed by atoms with van der Waals surface area (Å²) in [5.41, 5.74) is 3.94. The van der Waals surface area contributed by atoms with Crippen LogP contribution in [0.1, 0.15) is 27.2 Å². The van der Waals surface area contributed by atoms with Crippen LogP contribution >= 0.6 is 0 Å². The minimum absolute atomic E-state index is 0.0456. The number of pyridine rings is 1. The van der Waals surface area contributed by atoms with Gasteiger partial charge in [-0.3, -0.25) is 4.79 Å². The highest BCUT2D eigenvalue weighted by atomic mass is 16.1. The van der Waals surface area contributed by atoms with E-state index in [1.54, 1.807) is 24.3 Å². The van der Waals surface area contributed by atoms with Gasteiger partial charge in [-0.1, -0.05) is 72.7 Å². The highest BCUT2D eigenvalue weighted by Crippen LogP contribution is 2.18. The van der Waals surface area contributed by atoms with E-state index in [0.717, 1.165) is 22.0 Å². The molecule has 0 aliphatic heterocycles. The number of carbonyl (C=O) groups excluding carboxylic acids is 1. The molecule has 0 atom stereocenters. The van der Waals surface area contributed by atoms with Gasteiger partial charge >= 0.3 is 0 Å². The summed E-state index contributed by atoms with van der Waals surface area (Å²) in [6, 6.07) is 28.9. The highest BCUT2D eigenvalue weighted by Gasteiger charge is 2.05. The smallest absolute Gasteiger partial charge is 0.185 e. The average molecular weight is 359 g/mol. The molecule has 0 saturated heterocycles. The van der Waals surface area contributed by atoms with Gasteiger partial charge in [-0.15, -0.1) is 0 Å². The summed E-state index contributed by atoms with van der Waals surface area (Å²) in [6.07, 6.45) is 3.37. The Morgan fingerprint density at radius 3 is 2.25 bits per heavy atom. The zero-order valence-corrected chi connectivity index (χ0v) is 15.2. The first-order valence-electron chi connectivity index (χ1n) is 9.04. The van der Waals surface area contributed by atoms with Crippen molar-refractivity contribution in [1.82, 2.24) is 4.98 Å². The van der Waals surface area contributed by atoms with Gasteiger partial charge < -0.3 is 0 Å². The normalized spacial score (nSPS) is 10.6. The van der Waals surface area contributed by atoms with Gasteiger partial charge in [0.25, 0.3) is 0 Å². The van der Waals surface area contributed by atoms with Crippen LogP contribution in [0.2, 0.25) is 0 Å². The summed E-state index contributed by atoms with van der Waals surface area (Å²) in [5, 5.41) is 1.01. The number of fused-ring (bicyclic) bond motifs is 1. The Hall–Kier alpha value is -3.96. The summed E-state index contributed by atoms with van der Waals surface area (Å²) < 4.78 is 0. The second-order valence-electron chi connectivity index (χ2n) is 6.30. The van der Waals surface area contributed by atoms with Crippen molar-refractivity contribution >= 4 is 22.8 Å². The van der Waals surface area contributed by atoms with E-state index in [1.165, 1.54) is 0 Å². The lowest BCUT2D eigenvalue weighted by Crippen LogP contribution is -1.94. The zero-order valence-electron chi connectivity index (χ0n) is 15.2. The molecule has 0 bridgehead atoms. The maximum absolute atomic E-state index is 12.4. The van der Waals surface area contributed by atoms with Crippen molar-refractivity contribution in [2.45, 2.75) is 0 Å². The molecule has 4 aromatic rings. The molecule has 2 nitrogen and oxygen atoms in total. The molecule has 0 saturated carbocycles. The van der Waals surface area contributed by atoms with Crippen LogP contribution in [-0.4, -0.2) is 10.8 Å². The fourth-order valence-electron chi connectivity index (χ4n) is 2.88. The van der Waals surface area contributed by atoms with E-state index in [0.29, 0.717) is 11.3 Å². The second-order valence-corrected chi connectivity index (χ2v) is 6.30. The SMILES string of the molecule is O=C(/C=C/c1cc2ccccc2nc1C#Cc1ccccc1)c1ccccc1. The van der Waals surface area contributed by atoms with Gasteiger partial charge in [0, 0.05) is 22.1 Å². The van der Waals surface area contributed by atoms with Crippen LogP contribution in [0.4, 0.5) is 0 Å². The van der Waals surface area contributed by atoms with Gasteiger partial charge in [0.15, 0.2) is 5.78 Å². The number of ketones is 1. The highest BCUT2D eigenvalue weighted by molar-refractivity contribution is 6.07. The molecule has 132 valence electrons. The van der Waals surface area contributed by atoms with E-state index < -0.39 is 0 Å². The van der Waals surface area contributed by atoms with Gasteiger partial charge in [0.1, 0.15) is 5.69 Å².